The Morgan fingerprint density at radius 1 is 1.45 bits per heavy atom. The van der Waals surface area contributed by atoms with Gasteiger partial charge in [-0.3, -0.25) is 10.6 Å². The van der Waals surface area contributed by atoms with Crippen molar-refractivity contribution < 1.29 is 4.79 Å². The second-order valence-electron chi connectivity index (χ2n) is 4.54. The Labute approximate surface area is 117 Å². The van der Waals surface area contributed by atoms with E-state index < -0.39 is 0 Å². The van der Waals surface area contributed by atoms with Gasteiger partial charge in [-0.1, -0.05) is 0 Å². The lowest BCUT2D eigenvalue weighted by Gasteiger charge is -2.09. The van der Waals surface area contributed by atoms with Gasteiger partial charge >= 0.3 is 0 Å². The highest BCUT2D eigenvalue weighted by molar-refractivity contribution is 5.96. The lowest BCUT2D eigenvalue weighted by Crippen LogP contribution is -2.27. The first-order valence-corrected chi connectivity index (χ1v) is 6.30. The number of hydrazine groups is 1. The summed E-state index contributed by atoms with van der Waals surface area (Å²) in [7, 11) is 1.87. The van der Waals surface area contributed by atoms with Crippen molar-refractivity contribution in [2.75, 3.05) is 12.0 Å². The lowest BCUT2D eigenvalue weighted by molar-refractivity contribution is 0.0953. The van der Waals surface area contributed by atoms with Gasteiger partial charge in [0.15, 0.2) is 0 Å². The number of aromatic nitrogens is 3. The van der Waals surface area contributed by atoms with Gasteiger partial charge in [0.1, 0.15) is 12.2 Å². The number of nitrogens with zero attached hydrogens (tertiary/aromatic N) is 3. The van der Waals surface area contributed by atoms with Crippen molar-refractivity contribution in [3.63, 3.8) is 0 Å². The molecule has 0 fully saturated rings. The van der Waals surface area contributed by atoms with Gasteiger partial charge in [0.25, 0.3) is 5.91 Å². The van der Waals surface area contributed by atoms with Crippen LogP contribution < -0.4 is 16.6 Å². The van der Waals surface area contributed by atoms with E-state index in [1.165, 1.54) is 0 Å². The Balaban J connectivity index is 1.93. The molecule has 0 aliphatic heterocycles. The van der Waals surface area contributed by atoms with Crippen molar-refractivity contribution in [1.29, 1.82) is 0 Å². The molecule has 7 heteroatoms. The molecular weight excluding hydrogens is 256 g/mol. The third-order valence-corrected chi connectivity index (χ3v) is 3.08. The van der Waals surface area contributed by atoms with Crippen LogP contribution in [0.1, 0.15) is 21.7 Å². The molecule has 7 nitrogen and oxygen atoms in total. The molecule has 106 valence electrons. The van der Waals surface area contributed by atoms with Gasteiger partial charge in [-0.05, 0) is 30.7 Å². The number of hydrogen-bond donors (Lipinski definition) is 3. The maximum absolute atomic E-state index is 12.1. The van der Waals surface area contributed by atoms with Crippen LogP contribution in [-0.4, -0.2) is 27.2 Å². The largest absolute Gasteiger partial charge is 0.352 e. The molecule has 0 atom stereocenters. The van der Waals surface area contributed by atoms with Gasteiger partial charge in [-0.2, -0.15) is 0 Å². The van der Waals surface area contributed by atoms with E-state index in [4.69, 9.17) is 5.84 Å². The minimum absolute atomic E-state index is 0.103. The van der Waals surface area contributed by atoms with Gasteiger partial charge in [-0.15, -0.1) is 10.2 Å². The van der Waals surface area contributed by atoms with E-state index in [0.717, 1.165) is 17.1 Å². The first-order chi connectivity index (χ1) is 9.61. The van der Waals surface area contributed by atoms with E-state index in [0.29, 0.717) is 18.5 Å². The highest BCUT2D eigenvalue weighted by atomic mass is 16.1. The molecule has 4 N–H and O–H groups in total. The molecule has 1 aromatic heterocycles. The normalized spacial score (nSPS) is 10.3. The minimum Gasteiger partial charge on any atom is -0.352 e. The summed E-state index contributed by atoms with van der Waals surface area (Å²) in [4.78, 5) is 12.1. The van der Waals surface area contributed by atoms with Crippen LogP contribution in [0.4, 0.5) is 5.69 Å². The predicted octanol–water partition coefficient (Wildman–Crippen LogP) is 0.382. The Kier molecular flexibility index (Phi) is 4.31. The van der Waals surface area contributed by atoms with E-state index in [2.05, 4.69) is 20.9 Å². The van der Waals surface area contributed by atoms with Crippen molar-refractivity contribution in [3.05, 3.63) is 41.5 Å². The molecule has 0 saturated carbocycles. The highest BCUT2D eigenvalue weighted by Crippen LogP contribution is 2.14. The maximum atomic E-state index is 12.1. The number of carbonyl (C=O) groups excluding carboxylic acids is 1. The molecular formula is C13H18N6O. The number of nitrogens with two attached hydrogens (primary N) is 1. The third kappa shape index (κ3) is 3.12. The quantitative estimate of drug-likeness (QED) is 0.541. The molecule has 0 unspecified atom stereocenters. The van der Waals surface area contributed by atoms with E-state index in [1.54, 1.807) is 18.5 Å². The standard InChI is InChI=1S/C13H18N6O/c1-9-7-10(17-14)3-4-11(9)13(20)15-6-5-12-18-16-8-19(12)2/h3-4,7-8,17H,5-6,14H2,1-2H3,(H,15,20). The van der Waals surface area contributed by atoms with Crippen LogP contribution >= 0.6 is 0 Å². The molecule has 20 heavy (non-hydrogen) atoms. The van der Waals surface area contributed by atoms with Crippen molar-refractivity contribution in [1.82, 2.24) is 20.1 Å². The average Bonchev–Trinajstić information content (AvgIpc) is 2.84. The fraction of sp³-hybridized carbons (Fsp3) is 0.308. The van der Waals surface area contributed by atoms with Crippen molar-refractivity contribution in [2.24, 2.45) is 12.9 Å². The van der Waals surface area contributed by atoms with Crippen LogP contribution in [0.2, 0.25) is 0 Å². The summed E-state index contributed by atoms with van der Waals surface area (Å²) < 4.78 is 1.83. The monoisotopic (exact) mass is 274 g/mol. The SMILES string of the molecule is Cc1cc(NN)ccc1C(=O)NCCc1nncn1C. The predicted molar refractivity (Wildman–Crippen MR) is 76.0 cm³/mol. The molecule has 2 aromatic rings. The molecule has 0 bridgehead atoms. The van der Waals surface area contributed by atoms with E-state index in [-0.39, 0.29) is 5.91 Å². The highest BCUT2D eigenvalue weighted by Gasteiger charge is 2.09. The second kappa shape index (κ2) is 6.16. The molecule has 1 aromatic carbocycles. The molecule has 2 rings (SSSR count). The van der Waals surface area contributed by atoms with Crippen molar-refractivity contribution in [2.45, 2.75) is 13.3 Å². The zero-order valence-corrected chi connectivity index (χ0v) is 11.6. The van der Waals surface area contributed by atoms with Gasteiger partial charge < -0.3 is 15.3 Å². The number of hydrogen-bond acceptors (Lipinski definition) is 5. The number of anilines is 1. The summed E-state index contributed by atoms with van der Waals surface area (Å²) in [6, 6.07) is 5.35. The Morgan fingerprint density at radius 3 is 2.85 bits per heavy atom. The number of carbonyl (C=O) groups is 1. The smallest absolute Gasteiger partial charge is 0.251 e. The summed E-state index contributed by atoms with van der Waals surface area (Å²) >= 11 is 0. The number of rotatable bonds is 5. The minimum atomic E-state index is -0.103. The number of nitrogen functional groups attached to an aromatic ring is 1. The zero-order valence-electron chi connectivity index (χ0n) is 11.6. The topological polar surface area (TPSA) is 97.9 Å². The fourth-order valence-electron chi connectivity index (χ4n) is 1.92. The number of benzene rings is 1. The van der Waals surface area contributed by atoms with Crippen LogP contribution in [0.15, 0.2) is 24.5 Å². The van der Waals surface area contributed by atoms with Gasteiger partial charge in [0.05, 0.1) is 0 Å². The zero-order chi connectivity index (χ0) is 14.5. The molecule has 0 radical (unpaired) electrons. The third-order valence-electron chi connectivity index (χ3n) is 3.08. The van der Waals surface area contributed by atoms with E-state index >= 15 is 0 Å². The van der Waals surface area contributed by atoms with Gasteiger partial charge in [0, 0.05) is 31.3 Å². The number of aryl methyl sites for hydroxylation is 2. The van der Waals surface area contributed by atoms with Crippen LogP contribution in [-0.2, 0) is 13.5 Å². The Morgan fingerprint density at radius 2 is 2.25 bits per heavy atom. The van der Waals surface area contributed by atoms with Gasteiger partial charge in [0.2, 0.25) is 0 Å². The molecule has 1 heterocycles. The first-order valence-electron chi connectivity index (χ1n) is 6.30. The Hall–Kier alpha value is -2.41. The lowest BCUT2D eigenvalue weighted by atomic mass is 10.1. The van der Waals surface area contributed by atoms with E-state index in [1.807, 2.05) is 24.6 Å². The number of amides is 1. The fourth-order valence-corrected chi connectivity index (χ4v) is 1.92. The summed E-state index contributed by atoms with van der Waals surface area (Å²) in [5.74, 6) is 6.06. The summed E-state index contributed by atoms with van der Waals surface area (Å²) in [5, 5.41) is 10.6. The summed E-state index contributed by atoms with van der Waals surface area (Å²) in [6.07, 6.45) is 2.28. The van der Waals surface area contributed by atoms with Crippen LogP contribution in [0, 0.1) is 6.92 Å². The molecule has 0 aliphatic carbocycles. The van der Waals surface area contributed by atoms with Crippen LogP contribution in [0.5, 0.6) is 0 Å². The average molecular weight is 274 g/mol. The van der Waals surface area contributed by atoms with Gasteiger partial charge in [-0.25, -0.2) is 0 Å². The summed E-state index contributed by atoms with van der Waals surface area (Å²) in [5.41, 5.74) is 4.84. The molecule has 0 spiro atoms. The summed E-state index contributed by atoms with van der Waals surface area (Å²) in [6.45, 7) is 2.39. The van der Waals surface area contributed by atoms with Crippen LogP contribution in [0.3, 0.4) is 0 Å². The maximum Gasteiger partial charge on any atom is 0.251 e. The first kappa shape index (κ1) is 14.0. The van der Waals surface area contributed by atoms with Crippen molar-refractivity contribution >= 4 is 11.6 Å². The van der Waals surface area contributed by atoms with E-state index in [9.17, 15) is 4.79 Å². The van der Waals surface area contributed by atoms with Crippen molar-refractivity contribution in [3.8, 4) is 0 Å². The second-order valence-corrected chi connectivity index (χ2v) is 4.54. The Bertz CT molecular complexity index is 607. The molecule has 0 aliphatic rings. The molecule has 1 amide bonds. The number of nitrogens with one attached hydrogen (secondary N) is 2. The van der Waals surface area contributed by atoms with Crippen LogP contribution in [0.25, 0.3) is 0 Å². The molecule has 0 saturated heterocycles.